The van der Waals surface area contributed by atoms with E-state index in [1.807, 2.05) is 6.26 Å². The van der Waals surface area contributed by atoms with Gasteiger partial charge < -0.3 is 15.1 Å². The largest absolute Gasteiger partial charge is 0.331 e. The first-order valence-corrected chi connectivity index (χ1v) is 14.7. The second kappa shape index (κ2) is 8.58. The Labute approximate surface area is 199 Å². The van der Waals surface area contributed by atoms with Crippen molar-refractivity contribution in [3.8, 4) is 0 Å². The summed E-state index contributed by atoms with van der Waals surface area (Å²) in [5.41, 5.74) is 3.00. The summed E-state index contributed by atoms with van der Waals surface area (Å²) in [5, 5.41) is 3.23. The maximum absolute atomic E-state index is 12.7. The van der Waals surface area contributed by atoms with Gasteiger partial charge in [0.25, 0.3) is 0 Å². The lowest BCUT2D eigenvalue weighted by molar-refractivity contribution is 0.0591. The molecule has 0 aromatic heterocycles. The van der Waals surface area contributed by atoms with Crippen molar-refractivity contribution in [2.75, 3.05) is 33.4 Å². The number of amides is 2. The molecule has 3 aliphatic heterocycles. The Bertz CT molecular complexity index is 985. The van der Waals surface area contributed by atoms with E-state index in [4.69, 9.17) is 0 Å². The van der Waals surface area contributed by atoms with Gasteiger partial charge in [-0.25, -0.2) is 9.10 Å². The van der Waals surface area contributed by atoms with Gasteiger partial charge in [-0.2, -0.15) is 0 Å². The molecule has 0 saturated carbocycles. The summed E-state index contributed by atoms with van der Waals surface area (Å²) in [7, 11) is 1.49. The first kappa shape index (κ1) is 23.2. The number of carbonyl (C=O) groups excluding carboxylic acids is 1. The van der Waals surface area contributed by atoms with Gasteiger partial charge in [0, 0.05) is 48.2 Å². The van der Waals surface area contributed by atoms with Crippen LogP contribution in [0.3, 0.4) is 0 Å². The van der Waals surface area contributed by atoms with Crippen LogP contribution in [-0.4, -0.2) is 81.8 Å². The van der Waals surface area contributed by atoms with Crippen LogP contribution in [0.25, 0.3) is 0 Å². The molecule has 33 heavy (non-hydrogen) atoms. The van der Waals surface area contributed by atoms with E-state index in [1.54, 1.807) is 19.0 Å². The van der Waals surface area contributed by atoms with Crippen molar-refractivity contribution in [2.45, 2.75) is 80.9 Å². The van der Waals surface area contributed by atoms with Gasteiger partial charge >= 0.3 is 6.03 Å². The van der Waals surface area contributed by atoms with Crippen LogP contribution < -0.4 is 5.32 Å². The van der Waals surface area contributed by atoms with Crippen LogP contribution in [0.4, 0.5) is 4.79 Å². The van der Waals surface area contributed by atoms with Gasteiger partial charge in [-0.15, -0.1) is 0 Å². The lowest BCUT2D eigenvalue weighted by Gasteiger charge is -2.50. The molecule has 3 unspecified atom stereocenters. The molecule has 6 nitrogen and oxygen atoms in total. The number of rotatable bonds is 3. The molecule has 3 saturated heterocycles. The van der Waals surface area contributed by atoms with Crippen LogP contribution in [0, 0.1) is 0 Å². The zero-order valence-corrected chi connectivity index (χ0v) is 21.3. The molecule has 4 aliphatic rings. The zero-order chi connectivity index (χ0) is 23.4. The van der Waals surface area contributed by atoms with Crippen molar-refractivity contribution in [3.63, 3.8) is 0 Å². The van der Waals surface area contributed by atoms with Crippen molar-refractivity contribution >= 4 is 21.6 Å². The molecule has 182 valence electrons. The highest BCUT2D eigenvalue weighted by molar-refractivity contribution is 7.97. The van der Waals surface area contributed by atoms with Crippen molar-refractivity contribution in [1.29, 1.82) is 0 Å². The predicted octanol–water partition coefficient (Wildman–Crippen LogP) is 3.38. The fourth-order valence-electron chi connectivity index (χ4n) is 7.29. The summed E-state index contributed by atoms with van der Waals surface area (Å²) in [4.78, 5) is 16.7. The molecule has 1 aromatic rings. The minimum absolute atomic E-state index is 0.0140. The third kappa shape index (κ3) is 4.21. The highest BCUT2D eigenvalue weighted by Gasteiger charge is 2.47. The topological polar surface area (TPSA) is 55.9 Å². The fraction of sp³-hybridized carbons (Fsp3) is 0.692. The molecule has 1 aliphatic carbocycles. The third-order valence-corrected chi connectivity index (χ3v) is 10.4. The molecule has 5 rings (SSSR count). The van der Waals surface area contributed by atoms with Crippen LogP contribution in [-0.2, 0) is 15.1 Å². The minimum atomic E-state index is -2.11. The van der Waals surface area contributed by atoms with E-state index in [0.29, 0.717) is 18.1 Å². The standard InChI is InChI=1S/C26H40N4O2S/c1-28(2)25(31)27-24-11-12-26(23-8-6-5-7-22(23)24)13-15-29(16-14-26)21-17-19-9-10-20(18-21)30(19)33(3,4)32/h5-8,19-21,24H,3,9-18H2,1-2,4H3,(H,27,31)/t19?,20?,21?,24-,33?/m1/s1. The number of nitrogens with zero attached hydrogens (tertiary/aromatic N) is 3. The first-order chi connectivity index (χ1) is 15.7. The minimum Gasteiger partial charge on any atom is -0.331 e. The van der Waals surface area contributed by atoms with E-state index in [-0.39, 0.29) is 17.5 Å². The van der Waals surface area contributed by atoms with Crippen molar-refractivity contribution < 1.29 is 9.00 Å². The van der Waals surface area contributed by atoms with Gasteiger partial charge in [0.1, 0.15) is 0 Å². The van der Waals surface area contributed by atoms with Gasteiger partial charge in [-0.1, -0.05) is 24.3 Å². The molecule has 3 fully saturated rings. The molecule has 1 aromatic carbocycles. The number of likely N-dealkylation sites (tertiary alicyclic amines) is 1. The highest BCUT2D eigenvalue weighted by Crippen LogP contribution is 2.49. The molecule has 4 atom stereocenters. The van der Waals surface area contributed by atoms with Gasteiger partial charge in [0.15, 0.2) is 0 Å². The number of benzene rings is 1. The quantitative estimate of drug-likeness (QED) is 0.686. The van der Waals surface area contributed by atoms with Crippen LogP contribution in [0.15, 0.2) is 24.3 Å². The van der Waals surface area contributed by atoms with Gasteiger partial charge in [0.05, 0.1) is 6.04 Å². The van der Waals surface area contributed by atoms with Crippen LogP contribution >= 0.6 is 0 Å². The molecule has 0 radical (unpaired) electrons. The van der Waals surface area contributed by atoms with Gasteiger partial charge in [0.2, 0.25) is 0 Å². The van der Waals surface area contributed by atoms with Gasteiger partial charge in [-0.05, 0) is 86.9 Å². The first-order valence-electron chi connectivity index (χ1n) is 12.6. The van der Waals surface area contributed by atoms with E-state index in [0.717, 1.165) is 38.8 Å². The third-order valence-electron chi connectivity index (χ3n) is 8.88. The Kier molecular flexibility index (Phi) is 6.03. The maximum Gasteiger partial charge on any atom is 0.317 e. The number of piperidine rings is 2. The van der Waals surface area contributed by atoms with Gasteiger partial charge in [-0.3, -0.25) is 4.21 Å². The number of hydrogen-bond donors (Lipinski definition) is 1. The number of nitrogens with one attached hydrogen (secondary N) is 1. The number of fused-ring (bicyclic) bond motifs is 4. The van der Waals surface area contributed by atoms with E-state index in [9.17, 15) is 9.00 Å². The van der Waals surface area contributed by atoms with Crippen LogP contribution in [0.2, 0.25) is 0 Å². The summed E-state index contributed by atoms with van der Waals surface area (Å²) in [6.45, 7) is 2.28. The summed E-state index contributed by atoms with van der Waals surface area (Å²) >= 11 is 0. The molecular formula is C26H40N4O2S. The molecule has 2 bridgehead atoms. The molecule has 7 heteroatoms. The Hall–Kier alpha value is -1.57. The predicted molar refractivity (Wildman–Crippen MR) is 136 cm³/mol. The fourth-order valence-corrected chi connectivity index (χ4v) is 8.94. The van der Waals surface area contributed by atoms with E-state index < -0.39 is 9.71 Å². The van der Waals surface area contributed by atoms with Crippen molar-refractivity contribution in [3.05, 3.63) is 35.4 Å². The lowest BCUT2D eigenvalue weighted by Crippen LogP contribution is -2.55. The summed E-state index contributed by atoms with van der Waals surface area (Å²) in [5.74, 6) is 4.00. The maximum atomic E-state index is 12.7. The highest BCUT2D eigenvalue weighted by atomic mass is 32.2. The molecule has 1 spiro atoms. The Morgan fingerprint density at radius 1 is 1.06 bits per heavy atom. The summed E-state index contributed by atoms with van der Waals surface area (Å²) in [6, 6.07) is 10.4. The Morgan fingerprint density at radius 2 is 1.70 bits per heavy atom. The second-order valence-corrected chi connectivity index (χ2v) is 13.5. The summed E-state index contributed by atoms with van der Waals surface area (Å²) in [6.07, 6.45) is 11.0. The average Bonchev–Trinajstić information content (AvgIpc) is 3.07. The lowest BCUT2D eigenvalue weighted by atomic mass is 9.63. The Balaban J connectivity index is 1.28. The zero-order valence-electron chi connectivity index (χ0n) is 20.5. The van der Waals surface area contributed by atoms with Crippen molar-refractivity contribution in [2.24, 2.45) is 0 Å². The van der Waals surface area contributed by atoms with E-state index >= 15 is 0 Å². The Morgan fingerprint density at radius 3 is 2.30 bits per heavy atom. The van der Waals surface area contributed by atoms with Crippen molar-refractivity contribution in [1.82, 2.24) is 19.4 Å². The van der Waals surface area contributed by atoms with E-state index in [2.05, 4.69) is 44.7 Å². The number of urea groups is 1. The van der Waals surface area contributed by atoms with E-state index in [1.165, 1.54) is 36.8 Å². The summed E-state index contributed by atoms with van der Waals surface area (Å²) < 4.78 is 15.0. The second-order valence-electron chi connectivity index (χ2n) is 11.2. The smallest absolute Gasteiger partial charge is 0.317 e. The molecule has 3 heterocycles. The molecule has 1 N–H and O–H groups in total. The molecular weight excluding hydrogens is 432 g/mol. The normalized spacial score (nSPS) is 33.3. The SMILES string of the molecule is C=S(C)(=O)N1C2CCC1CC(N1CCC3(CC[C@@H](NC(=O)N(C)C)c4ccccc43)CC1)C2. The van der Waals surface area contributed by atoms with Crippen LogP contribution in [0.1, 0.15) is 68.5 Å². The molecule has 2 amide bonds. The average molecular weight is 473 g/mol. The number of carbonyl (C=O) groups is 1. The number of hydrogen-bond acceptors (Lipinski definition) is 3. The monoisotopic (exact) mass is 472 g/mol. The van der Waals surface area contributed by atoms with Crippen LogP contribution in [0.5, 0.6) is 0 Å².